The number of halogens is 1. The van der Waals surface area contributed by atoms with Crippen LogP contribution in [-0.4, -0.2) is 28.3 Å². The average molecular weight is 431 g/mol. The van der Waals surface area contributed by atoms with E-state index in [2.05, 4.69) is 43.3 Å². The standard InChI is InChI=1S/C19H20BrN4OP/c1-11-21-10-14(20)19(22-11)24-17-9-8-16-13(18(17)26(2,3)25)6-7-15(23-16)12-4-5-12/h6-10,12H,4-5H2,1-3H3,(H,21,22,24). The molecule has 0 saturated heterocycles. The molecule has 134 valence electrons. The number of hydrogen-bond donors (Lipinski definition) is 1. The first-order valence-electron chi connectivity index (χ1n) is 8.58. The van der Waals surface area contributed by atoms with Crippen molar-refractivity contribution in [2.45, 2.75) is 25.7 Å². The van der Waals surface area contributed by atoms with Gasteiger partial charge in [-0.1, -0.05) is 6.07 Å². The highest BCUT2D eigenvalue weighted by molar-refractivity contribution is 9.10. The van der Waals surface area contributed by atoms with Gasteiger partial charge in [0.05, 0.1) is 15.7 Å². The molecule has 0 spiro atoms. The molecule has 0 bridgehead atoms. The topological polar surface area (TPSA) is 67.8 Å². The molecule has 26 heavy (non-hydrogen) atoms. The molecule has 7 heteroatoms. The molecule has 1 aliphatic rings. The zero-order valence-corrected chi connectivity index (χ0v) is 17.4. The Labute approximate surface area is 161 Å². The van der Waals surface area contributed by atoms with Crippen molar-refractivity contribution in [3.63, 3.8) is 0 Å². The predicted molar refractivity (Wildman–Crippen MR) is 111 cm³/mol. The second-order valence-electron chi connectivity index (χ2n) is 7.13. The molecule has 2 heterocycles. The van der Waals surface area contributed by atoms with E-state index in [1.165, 1.54) is 12.8 Å². The minimum Gasteiger partial charge on any atom is -0.339 e. The van der Waals surface area contributed by atoms with Crippen molar-refractivity contribution in [1.29, 1.82) is 0 Å². The smallest absolute Gasteiger partial charge is 0.148 e. The van der Waals surface area contributed by atoms with E-state index in [0.29, 0.717) is 17.6 Å². The second kappa shape index (κ2) is 6.43. The number of anilines is 2. The second-order valence-corrected chi connectivity index (χ2v) is 11.1. The van der Waals surface area contributed by atoms with Gasteiger partial charge in [-0.05, 0) is 67.2 Å². The Morgan fingerprint density at radius 3 is 2.62 bits per heavy atom. The van der Waals surface area contributed by atoms with E-state index in [9.17, 15) is 4.57 Å². The molecule has 1 fully saturated rings. The number of aromatic nitrogens is 3. The van der Waals surface area contributed by atoms with E-state index in [1.54, 1.807) is 19.5 Å². The van der Waals surface area contributed by atoms with Crippen molar-refractivity contribution in [1.82, 2.24) is 15.0 Å². The van der Waals surface area contributed by atoms with Crippen LogP contribution < -0.4 is 10.6 Å². The number of fused-ring (bicyclic) bond motifs is 1. The quantitative estimate of drug-likeness (QED) is 0.592. The van der Waals surface area contributed by atoms with Crippen molar-refractivity contribution in [2.24, 2.45) is 0 Å². The molecule has 0 aliphatic heterocycles. The van der Waals surface area contributed by atoms with Crippen molar-refractivity contribution < 1.29 is 4.57 Å². The monoisotopic (exact) mass is 430 g/mol. The lowest BCUT2D eigenvalue weighted by Crippen LogP contribution is -2.13. The molecule has 1 aromatic carbocycles. The lowest BCUT2D eigenvalue weighted by atomic mass is 10.1. The highest BCUT2D eigenvalue weighted by Crippen LogP contribution is 2.43. The summed E-state index contributed by atoms with van der Waals surface area (Å²) in [5, 5.41) is 5.08. The number of aryl methyl sites for hydroxylation is 1. The van der Waals surface area contributed by atoms with Crippen LogP contribution in [0.25, 0.3) is 10.9 Å². The van der Waals surface area contributed by atoms with Gasteiger partial charge in [0.25, 0.3) is 0 Å². The van der Waals surface area contributed by atoms with Crippen molar-refractivity contribution >= 4 is 50.8 Å². The molecule has 0 amide bonds. The molecule has 1 N–H and O–H groups in total. The lowest BCUT2D eigenvalue weighted by molar-refractivity contribution is 0.588. The summed E-state index contributed by atoms with van der Waals surface area (Å²) in [4.78, 5) is 13.4. The average Bonchev–Trinajstić information content (AvgIpc) is 3.41. The Balaban J connectivity index is 1.87. The molecule has 0 atom stereocenters. The maximum absolute atomic E-state index is 13.1. The fourth-order valence-electron chi connectivity index (χ4n) is 3.16. The zero-order valence-electron chi connectivity index (χ0n) is 15.0. The van der Waals surface area contributed by atoms with Crippen LogP contribution in [0.4, 0.5) is 11.5 Å². The molecule has 1 saturated carbocycles. The van der Waals surface area contributed by atoms with Crippen LogP contribution in [0.1, 0.15) is 30.3 Å². The van der Waals surface area contributed by atoms with Crippen LogP contribution in [0.15, 0.2) is 34.9 Å². The number of rotatable bonds is 4. The third-order valence-electron chi connectivity index (χ3n) is 4.52. The van der Waals surface area contributed by atoms with E-state index in [0.717, 1.165) is 32.1 Å². The number of nitrogens with one attached hydrogen (secondary N) is 1. The SMILES string of the molecule is Cc1ncc(Br)c(Nc2ccc3nc(C4CC4)ccc3c2P(C)(C)=O)n1. The molecular weight excluding hydrogens is 411 g/mol. The predicted octanol–water partition coefficient (Wildman–Crippen LogP) is 4.96. The first-order chi connectivity index (χ1) is 12.3. The van der Waals surface area contributed by atoms with Gasteiger partial charge in [0.2, 0.25) is 0 Å². The fraction of sp³-hybridized carbons (Fsp3) is 0.316. The van der Waals surface area contributed by atoms with E-state index >= 15 is 0 Å². The molecule has 3 aromatic rings. The van der Waals surface area contributed by atoms with Gasteiger partial charge >= 0.3 is 0 Å². The van der Waals surface area contributed by atoms with Gasteiger partial charge in [-0.2, -0.15) is 0 Å². The number of nitrogens with zero attached hydrogens (tertiary/aromatic N) is 3. The van der Waals surface area contributed by atoms with E-state index < -0.39 is 7.14 Å². The normalized spacial score (nSPS) is 14.6. The summed E-state index contributed by atoms with van der Waals surface area (Å²) in [6.07, 6.45) is 4.14. The van der Waals surface area contributed by atoms with Gasteiger partial charge in [-0.15, -0.1) is 0 Å². The van der Waals surface area contributed by atoms with Crippen molar-refractivity contribution in [3.8, 4) is 0 Å². The van der Waals surface area contributed by atoms with Crippen LogP contribution in [0.2, 0.25) is 0 Å². The molecule has 4 rings (SSSR count). The number of pyridine rings is 1. The zero-order chi connectivity index (χ0) is 18.5. The summed E-state index contributed by atoms with van der Waals surface area (Å²) >= 11 is 3.48. The van der Waals surface area contributed by atoms with Gasteiger partial charge in [-0.3, -0.25) is 4.98 Å². The molecule has 2 aromatic heterocycles. The lowest BCUT2D eigenvalue weighted by Gasteiger charge is -2.18. The van der Waals surface area contributed by atoms with Gasteiger partial charge in [-0.25, -0.2) is 9.97 Å². The van der Waals surface area contributed by atoms with Crippen LogP contribution >= 0.6 is 23.1 Å². The van der Waals surface area contributed by atoms with Crippen molar-refractivity contribution in [3.05, 3.63) is 46.5 Å². The van der Waals surface area contributed by atoms with E-state index in [1.807, 2.05) is 19.1 Å². The molecule has 5 nitrogen and oxygen atoms in total. The summed E-state index contributed by atoms with van der Waals surface area (Å²) < 4.78 is 13.9. The maximum atomic E-state index is 13.1. The highest BCUT2D eigenvalue weighted by Gasteiger charge is 2.26. The van der Waals surface area contributed by atoms with E-state index in [4.69, 9.17) is 4.98 Å². The summed E-state index contributed by atoms with van der Waals surface area (Å²) in [5.41, 5.74) is 2.84. The number of benzene rings is 1. The highest BCUT2D eigenvalue weighted by atomic mass is 79.9. The number of hydrogen-bond acceptors (Lipinski definition) is 5. The van der Waals surface area contributed by atoms with Crippen LogP contribution in [-0.2, 0) is 4.57 Å². The summed E-state index contributed by atoms with van der Waals surface area (Å²) in [5.74, 6) is 1.93. The van der Waals surface area contributed by atoms with Gasteiger partial charge in [0, 0.05) is 28.5 Å². The Hall–Kier alpha value is -1.78. The third-order valence-corrected chi connectivity index (χ3v) is 6.66. The van der Waals surface area contributed by atoms with E-state index in [-0.39, 0.29) is 0 Å². The molecule has 0 radical (unpaired) electrons. The van der Waals surface area contributed by atoms with Gasteiger partial charge in [0.15, 0.2) is 0 Å². The summed E-state index contributed by atoms with van der Waals surface area (Å²) in [6, 6.07) is 8.08. The molecule has 1 aliphatic carbocycles. The maximum Gasteiger partial charge on any atom is 0.148 e. The largest absolute Gasteiger partial charge is 0.339 e. The van der Waals surface area contributed by atoms with Crippen LogP contribution in [0.3, 0.4) is 0 Å². The van der Waals surface area contributed by atoms with Gasteiger partial charge in [0.1, 0.15) is 18.8 Å². The Morgan fingerprint density at radius 1 is 1.15 bits per heavy atom. The fourth-order valence-corrected chi connectivity index (χ4v) is 4.93. The first-order valence-corrected chi connectivity index (χ1v) is 12.0. The molecule has 0 unspecified atom stereocenters. The van der Waals surface area contributed by atoms with Crippen molar-refractivity contribution in [2.75, 3.05) is 18.6 Å². The third kappa shape index (κ3) is 3.40. The Kier molecular flexibility index (Phi) is 4.36. The van der Waals surface area contributed by atoms with Gasteiger partial charge < -0.3 is 9.88 Å². The Morgan fingerprint density at radius 2 is 1.92 bits per heavy atom. The first kappa shape index (κ1) is 17.6. The minimum absolute atomic E-state index is 0.593. The van der Waals surface area contributed by atoms with Crippen LogP contribution in [0, 0.1) is 6.92 Å². The molecular formula is C19H20BrN4OP. The summed E-state index contributed by atoms with van der Waals surface area (Å²) in [7, 11) is -2.55. The Bertz CT molecular complexity index is 1060. The minimum atomic E-state index is -2.55. The summed E-state index contributed by atoms with van der Waals surface area (Å²) in [6.45, 7) is 5.43. The van der Waals surface area contributed by atoms with Crippen LogP contribution in [0.5, 0.6) is 0 Å².